The monoisotopic (exact) mass is 494 g/mol. The number of hydrogen-bond acceptors (Lipinski definition) is 4. The molecule has 0 saturated heterocycles. The lowest BCUT2D eigenvalue weighted by Gasteiger charge is -2.17. The van der Waals surface area contributed by atoms with E-state index in [2.05, 4.69) is 5.32 Å². The molecule has 1 heterocycles. The molecule has 1 amide bonds. The summed E-state index contributed by atoms with van der Waals surface area (Å²) in [6.45, 7) is 4.70. The predicted molar refractivity (Wildman–Crippen MR) is 123 cm³/mol. The molecule has 1 atom stereocenters. The number of aryl methyl sites for hydroxylation is 1. The van der Waals surface area contributed by atoms with Crippen LogP contribution in [0.25, 0.3) is 5.69 Å². The fraction of sp³-hybridized carbons (Fsp3) is 0.292. The molecular weight excluding hydrogens is 469 g/mol. The molecule has 6 nitrogen and oxygen atoms in total. The minimum Gasteiger partial charge on any atom is -0.393 e. The van der Waals surface area contributed by atoms with Crippen molar-refractivity contribution in [2.75, 3.05) is 11.6 Å². The van der Waals surface area contributed by atoms with Gasteiger partial charge in [0, 0.05) is 35.3 Å². The number of carbonyl (C=O) groups excluding carboxylic acids is 1. The Bertz CT molecular complexity index is 1350. The van der Waals surface area contributed by atoms with E-state index in [-0.39, 0.29) is 22.6 Å². The van der Waals surface area contributed by atoms with Gasteiger partial charge in [-0.3, -0.25) is 4.79 Å². The van der Waals surface area contributed by atoms with E-state index in [1.54, 1.807) is 13.8 Å². The number of aliphatic hydroxyl groups is 1. The molecule has 1 unspecified atom stereocenters. The Morgan fingerprint density at radius 3 is 2.35 bits per heavy atom. The molecule has 3 rings (SSSR count). The van der Waals surface area contributed by atoms with Gasteiger partial charge >= 0.3 is 0 Å². The molecule has 10 heteroatoms. The topological polar surface area (TPSA) is 88.4 Å². The van der Waals surface area contributed by atoms with E-state index >= 15 is 0 Å². The summed E-state index contributed by atoms with van der Waals surface area (Å²) in [7, 11) is -3.42. The standard InChI is InChI=1S/C24H25F3N2O4S/c1-13-9-17(6-8-22(13)34(4,32)33)28-24(31)19-12-18(10-14(2)30)29(15(19)3)21-7-5-16(25)11-20(21)23(26)27/h5-9,11-12,14,23,30H,10H2,1-4H3,(H,28,31). The first-order chi connectivity index (χ1) is 15.8. The average molecular weight is 495 g/mol. The van der Waals surface area contributed by atoms with E-state index in [4.69, 9.17) is 0 Å². The first-order valence-corrected chi connectivity index (χ1v) is 12.3. The van der Waals surface area contributed by atoms with Gasteiger partial charge in [0.2, 0.25) is 0 Å². The van der Waals surface area contributed by atoms with Crippen LogP contribution in [0, 0.1) is 19.7 Å². The van der Waals surface area contributed by atoms with Gasteiger partial charge in [0.15, 0.2) is 9.84 Å². The van der Waals surface area contributed by atoms with Crippen molar-refractivity contribution in [2.45, 2.75) is 44.6 Å². The van der Waals surface area contributed by atoms with Crippen LogP contribution in [0.15, 0.2) is 47.4 Å². The average Bonchev–Trinajstić information content (AvgIpc) is 3.02. The quantitative estimate of drug-likeness (QED) is 0.496. The normalized spacial score (nSPS) is 12.7. The van der Waals surface area contributed by atoms with Crippen LogP contribution in [0.1, 0.15) is 46.2 Å². The molecule has 0 fully saturated rings. The molecule has 2 aromatic carbocycles. The van der Waals surface area contributed by atoms with Crippen molar-refractivity contribution in [3.05, 3.63) is 76.4 Å². The molecule has 182 valence electrons. The zero-order valence-corrected chi connectivity index (χ0v) is 19.9. The number of anilines is 1. The van der Waals surface area contributed by atoms with Gasteiger partial charge in [0.1, 0.15) is 5.82 Å². The summed E-state index contributed by atoms with van der Waals surface area (Å²) in [6.07, 6.45) is -2.63. The van der Waals surface area contributed by atoms with Crippen LogP contribution in [0.5, 0.6) is 0 Å². The largest absolute Gasteiger partial charge is 0.393 e. The summed E-state index contributed by atoms with van der Waals surface area (Å²) < 4.78 is 66.1. The second kappa shape index (κ2) is 9.63. The number of rotatable bonds is 7. The van der Waals surface area contributed by atoms with Gasteiger partial charge < -0.3 is 15.0 Å². The number of carbonyl (C=O) groups is 1. The summed E-state index contributed by atoms with van der Waals surface area (Å²) >= 11 is 0. The lowest BCUT2D eigenvalue weighted by Crippen LogP contribution is -2.14. The van der Waals surface area contributed by atoms with Gasteiger partial charge in [-0.15, -0.1) is 0 Å². The van der Waals surface area contributed by atoms with Crippen LogP contribution < -0.4 is 5.32 Å². The van der Waals surface area contributed by atoms with E-state index in [1.165, 1.54) is 41.8 Å². The molecule has 34 heavy (non-hydrogen) atoms. The highest BCUT2D eigenvalue weighted by atomic mass is 32.2. The van der Waals surface area contributed by atoms with Crippen molar-refractivity contribution >= 4 is 21.4 Å². The highest BCUT2D eigenvalue weighted by Gasteiger charge is 2.24. The fourth-order valence-corrected chi connectivity index (χ4v) is 4.89. The first kappa shape index (κ1) is 25.5. The zero-order chi connectivity index (χ0) is 25.4. The summed E-state index contributed by atoms with van der Waals surface area (Å²) in [4.78, 5) is 13.2. The highest BCUT2D eigenvalue weighted by molar-refractivity contribution is 7.90. The number of amides is 1. The molecular formula is C24H25F3N2O4S. The van der Waals surface area contributed by atoms with E-state index in [1.807, 2.05) is 0 Å². The number of halogens is 3. The van der Waals surface area contributed by atoms with Gasteiger partial charge in [-0.1, -0.05) is 0 Å². The van der Waals surface area contributed by atoms with E-state index in [0.29, 0.717) is 22.6 Å². The number of nitrogens with one attached hydrogen (secondary N) is 1. The van der Waals surface area contributed by atoms with Gasteiger partial charge in [-0.05, 0) is 68.8 Å². The molecule has 0 bridgehead atoms. The number of aromatic nitrogens is 1. The number of benzene rings is 2. The Morgan fingerprint density at radius 2 is 1.79 bits per heavy atom. The number of aliphatic hydroxyl groups excluding tert-OH is 1. The maximum absolute atomic E-state index is 13.7. The molecule has 0 saturated carbocycles. The Labute approximate surface area is 196 Å². The minimum absolute atomic E-state index is 0.0111. The molecule has 0 aliphatic rings. The SMILES string of the molecule is Cc1cc(NC(=O)c2cc(CC(C)O)n(-c3ccc(F)cc3C(F)F)c2C)ccc1S(C)(=O)=O. The second-order valence-corrected chi connectivity index (χ2v) is 10.2. The number of nitrogens with zero attached hydrogens (tertiary/aromatic N) is 1. The van der Waals surface area contributed by atoms with Crippen LogP contribution in [-0.2, 0) is 16.3 Å². The molecule has 0 spiro atoms. The number of hydrogen-bond donors (Lipinski definition) is 2. The number of sulfone groups is 1. The third-order valence-electron chi connectivity index (χ3n) is 5.37. The first-order valence-electron chi connectivity index (χ1n) is 10.4. The summed E-state index contributed by atoms with van der Waals surface area (Å²) in [5, 5.41) is 12.6. The highest BCUT2D eigenvalue weighted by Crippen LogP contribution is 2.31. The van der Waals surface area contributed by atoms with Crippen LogP contribution in [-0.4, -0.2) is 36.4 Å². The van der Waals surface area contributed by atoms with Gasteiger partial charge in [0.05, 0.1) is 22.3 Å². The third-order valence-corrected chi connectivity index (χ3v) is 6.63. The van der Waals surface area contributed by atoms with Crippen LogP contribution in [0.2, 0.25) is 0 Å². The smallest absolute Gasteiger partial charge is 0.265 e. The third kappa shape index (κ3) is 5.34. The van der Waals surface area contributed by atoms with Crippen LogP contribution >= 0.6 is 0 Å². The van der Waals surface area contributed by atoms with Crippen molar-refractivity contribution in [3.8, 4) is 5.69 Å². The molecule has 2 N–H and O–H groups in total. The van der Waals surface area contributed by atoms with E-state index < -0.39 is 39.7 Å². The minimum atomic E-state index is -3.42. The molecule has 1 aromatic heterocycles. The Kier molecular flexibility index (Phi) is 7.23. The summed E-state index contributed by atoms with van der Waals surface area (Å²) in [5.41, 5.74) is 1.18. The Hall–Kier alpha value is -3.11. The lowest BCUT2D eigenvalue weighted by atomic mass is 10.1. The predicted octanol–water partition coefficient (Wildman–Crippen LogP) is 4.75. The van der Waals surface area contributed by atoms with Crippen molar-refractivity contribution < 1.29 is 31.5 Å². The lowest BCUT2D eigenvalue weighted by molar-refractivity contribution is 0.102. The maximum atomic E-state index is 13.7. The van der Waals surface area contributed by atoms with E-state index in [9.17, 15) is 31.5 Å². The fourth-order valence-electron chi connectivity index (χ4n) is 3.94. The Morgan fingerprint density at radius 1 is 1.12 bits per heavy atom. The molecule has 0 aliphatic heterocycles. The summed E-state index contributed by atoms with van der Waals surface area (Å²) in [6, 6.07) is 8.88. The van der Waals surface area contributed by atoms with E-state index in [0.717, 1.165) is 18.4 Å². The van der Waals surface area contributed by atoms with Gasteiger partial charge in [-0.2, -0.15) is 0 Å². The maximum Gasteiger partial charge on any atom is 0.265 e. The van der Waals surface area contributed by atoms with Crippen molar-refractivity contribution in [1.29, 1.82) is 0 Å². The van der Waals surface area contributed by atoms with Gasteiger partial charge in [0.25, 0.3) is 12.3 Å². The van der Waals surface area contributed by atoms with Gasteiger partial charge in [-0.25, -0.2) is 21.6 Å². The number of alkyl halides is 2. The Balaban J connectivity index is 2.07. The zero-order valence-electron chi connectivity index (χ0n) is 19.1. The van der Waals surface area contributed by atoms with Crippen LogP contribution in [0.4, 0.5) is 18.9 Å². The molecule has 0 aliphatic carbocycles. The van der Waals surface area contributed by atoms with Crippen molar-refractivity contribution in [2.24, 2.45) is 0 Å². The van der Waals surface area contributed by atoms with Crippen molar-refractivity contribution in [3.63, 3.8) is 0 Å². The van der Waals surface area contributed by atoms with Crippen LogP contribution in [0.3, 0.4) is 0 Å². The summed E-state index contributed by atoms with van der Waals surface area (Å²) in [5.74, 6) is -1.36. The molecule has 3 aromatic rings. The molecule has 0 radical (unpaired) electrons. The van der Waals surface area contributed by atoms with Crippen molar-refractivity contribution in [1.82, 2.24) is 4.57 Å². The second-order valence-electron chi connectivity index (χ2n) is 8.23.